The summed E-state index contributed by atoms with van der Waals surface area (Å²) in [5.74, 6) is 0.807. The number of hydrogen-bond donors (Lipinski definition) is 2. The number of esters is 1. The van der Waals surface area contributed by atoms with E-state index in [9.17, 15) is 13.2 Å². The van der Waals surface area contributed by atoms with Crippen LogP contribution in [0, 0.1) is 0 Å². The van der Waals surface area contributed by atoms with Crippen molar-refractivity contribution in [3.05, 3.63) is 72.3 Å². The third kappa shape index (κ3) is 7.36. The van der Waals surface area contributed by atoms with Gasteiger partial charge in [0.15, 0.2) is 11.6 Å². The third-order valence-corrected chi connectivity index (χ3v) is 7.11. The number of fused-ring (bicyclic) bond motifs is 1. The lowest BCUT2D eigenvalue weighted by molar-refractivity contribution is -0.143. The van der Waals surface area contributed by atoms with E-state index in [4.69, 9.17) is 14.2 Å². The summed E-state index contributed by atoms with van der Waals surface area (Å²) >= 11 is 0. The monoisotopic (exact) mass is 565 g/mol. The number of sulfonamides is 1. The van der Waals surface area contributed by atoms with Crippen molar-refractivity contribution in [3.8, 4) is 11.5 Å². The number of nitrogens with one attached hydrogen (secondary N) is 2. The number of aromatic nitrogens is 2. The fourth-order valence-corrected chi connectivity index (χ4v) is 4.82. The van der Waals surface area contributed by atoms with E-state index in [1.165, 1.54) is 26.4 Å². The van der Waals surface area contributed by atoms with Crippen molar-refractivity contribution < 1.29 is 27.4 Å². The maximum atomic E-state index is 13.5. The fraction of sp³-hybridized carbons (Fsp3) is 0.250. The summed E-state index contributed by atoms with van der Waals surface area (Å²) in [6.07, 6.45) is -0.0585. The Morgan fingerprint density at radius 2 is 1.52 bits per heavy atom. The Hall–Kier alpha value is -4.42. The predicted molar refractivity (Wildman–Crippen MR) is 153 cm³/mol. The van der Waals surface area contributed by atoms with E-state index in [1.54, 1.807) is 48.5 Å². The zero-order valence-electron chi connectivity index (χ0n) is 22.7. The van der Waals surface area contributed by atoms with Gasteiger partial charge in [-0.05, 0) is 43.9 Å². The van der Waals surface area contributed by atoms with Crippen LogP contribution in [-0.4, -0.2) is 70.7 Å². The molecule has 0 aliphatic heterocycles. The van der Waals surface area contributed by atoms with Gasteiger partial charge in [-0.1, -0.05) is 24.3 Å². The summed E-state index contributed by atoms with van der Waals surface area (Å²) in [4.78, 5) is 23.2. The highest BCUT2D eigenvalue weighted by Crippen LogP contribution is 2.31. The highest BCUT2D eigenvalue weighted by molar-refractivity contribution is 7.92. The van der Waals surface area contributed by atoms with Gasteiger partial charge in [0.1, 0.15) is 18.1 Å². The second-order valence-electron chi connectivity index (χ2n) is 9.09. The van der Waals surface area contributed by atoms with Gasteiger partial charge in [-0.3, -0.25) is 9.52 Å². The number of carbonyl (C=O) groups is 1. The molecule has 4 aromatic rings. The van der Waals surface area contributed by atoms with Gasteiger partial charge in [0.05, 0.1) is 36.6 Å². The number of hydrogen-bond acceptors (Lipinski definition) is 10. The summed E-state index contributed by atoms with van der Waals surface area (Å²) in [6, 6.07) is 18.4. The number of methoxy groups -OCH3 is 2. The van der Waals surface area contributed by atoms with E-state index in [1.807, 2.05) is 25.1 Å². The lowest BCUT2D eigenvalue weighted by Gasteiger charge is -2.15. The molecule has 0 atom stereocenters. The highest BCUT2D eigenvalue weighted by atomic mass is 32.2. The lowest BCUT2D eigenvalue weighted by atomic mass is 10.1. The van der Waals surface area contributed by atoms with Crippen molar-refractivity contribution in [2.45, 2.75) is 11.3 Å². The molecule has 0 bridgehead atoms. The molecule has 210 valence electrons. The molecular weight excluding hydrogens is 534 g/mol. The standard InChI is InChI=1S/C28H31N5O6S/c1-33(2)12-13-39-26(34)15-19-8-7-9-23(14-19)40(35,36)32-28-27(30-24-10-5-6-11-25(24)31-28)29-20-16-21(37-3)18-22(17-20)38-4/h5-11,14,16-18H,12-13,15H2,1-4H3,(H,29,30)(H,31,32). The van der Waals surface area contributed by atoms with Gasteiger partial charge >= 0.3 is 5.97 Å². The van der Waals surface area contributed by atoms with Gasteiger partial charge in [0, 0.05) is 30.4 Å². The molecule has 0 amide bonds. The molecule has 0 aliphatic carbocycles. The number of carbonyl (C=O) groups excluding carboxylic acids is 1. The van der Waals surface area contributed by atoms with E-state index in [-0.39, 0.29) is 29.6 Å². The average Bonchev–Trinajstić information content (AvgIpc) is 2.93. The molecular formula is C28H31N5O6S. The Morgan fingerprint density at radius 3 is 2.15 bits per heavy atom. The number of para-hydroxylation sites is 2. The fourth-order valence-electron chi connectivity index (χ4n) is 3.74. The van der Waals surface area contributed by atoms with Crippen molar-refractivity contribution in [1.29, 1.82) is 0 Å². The molecule has 0 radical (unpaired) electrons. The normalized spacial score (nSPS) is 11.3. The minimum atomic E-state index is -4.11. The summed E-state index contributed by atoms with van der Waals surface area (Å²) < 4.78 is 45.4. The number of ether oxygens (including phenoxy) is 3. The Morgan fingerprint density at radius 1 is 0.875 bits per heavy atom. The molecule has 4 rings (SSSR count). The second kappa shape index (κ2) is 12.6. The van der Waals surface area contributed by atoms with E-state index in [0.29, 0.717) is 40.3 Å². The van der Waals surface area contributed by atoms with Crippen LogP contribution < -0.4 is 19.5 Å². The van der Waals surface area contributed by atoms with E-state index in [2.05, 4.69) is 20.0 Å². The summed E-state index contributed by atoms with van der Waals surface area (Å²) in [5.41, 5.74) is 2.13. The number of likely N-dealkylation sites (N-methyl/N-ethyl adjacent to an activating group) is 1. The molecule has 3 aromatic carbocycles. The Bertz CT molecular complexity index is 1590. The van der Waals surface area contributed by atoms with Crippen LogP contribution in [0.2, 0.25) is 0 Å². The molecule has 40 heavy (non-hydrogen) atoms. The average molecular weight is 566 g/mol. The smallest absolute Gasteiger partial charge is 0.310 e. The van der Waals surface area contributed by atoms with Gasteiger partial charge in [-0.2, -0.15) is 0 Å². The van der Waals surface area contributed by atoms with E-state index in [0.717, 1.165) is 0 Å². The molecule has 0 fully saturated rings. The van der Waals surface area contributed by atoms with Gasteiger partial charge < -0.3 is 24.4 Å². The van der Waals surface area contributed by atoms with Crippen LogP contribution in [0.4, 0.5) is 17.3 Å². The van der Waals surface area contributed by atoms with Crippen LogP contribution in [0.5, 0.6) is 11.5 Å². The van der Waals surface area contributed by atoms with Crippen molar-refractivity contribution in [1.82, 2.24) is 14.9 Å². The summed E-state index contributed by atoms with van der Waals surface area (Å²) in [6.45, 7) is 0.844. The highest BCUT2D eigenvalue weighted by Gasteiger charge is 2.20. The van der Waals surface area contributed by atoms with Crippen LogP contribution in [0.25, 0.3) is 11.0 Å². The van der Waals surface area contributed by atoms with Crippen molar-refractivity contribution in [3.63, 3.8) is 0 Å². The molecule has 12 heteroatoms. The molecule has 0 aliphatic rings. The Kier molecular flexibility index (Phi) is 9.02. The number of nitrogens with zero attached hydrogens (tertiary/aromatic N) is 3. The van der Waals surface area contributed by atoms with E-state index < -0.39 is 16.0 Å². The van der Waals surface area contributed by atoms with Crippen LogP contribution in [0.15, 0.2) is 71.6 Å². The predicted octanol–water partition coefficient (Wildman–Crippen LogP) is 3.84. The molecule has 11 nitrogen and oxygen atoms in total. The van der Waals surface area contributed by atoms with Gasteiger partial charge in [-0.15, -0.1) is 0 Å². The number of benzene rings is 3. The summed E-state index contributed by atoms with van der Waals surface area (Å²) in [7, 11) is 2.71. The molecule has 2 N–H and O–H groups in total. The van der Waals surface area contributed by atoms with Crippen LogP contribution >= 0.6 is 0 Å². The molecule has 0 saturated heterocycles. The zero-order chi connectivity index (χ0) is 28.7. The quantitative estimate of drug-likeness (QED) is 0.244. The minimum absolute atomic E-state index is 0.00557. The second-order valence-corrected chi connectivity index (χ2v) is 10.8. The first kappa shape index (κ1) is 28.6. The van der Waals surface area contributed by atoms with Crippen molar-refractivity contribution >= 4 is 44.3 Å². The van der Waals surface area contributed by atoms with Crippen LogP contribution in [0.1, 0.15) is 5.56 Å². The van der Waals surface area contributed by atoms with Gasteiger partial charge in [0.2, 0.25) is 0 Å². The third-order valence-electron chi connectivity index (χ3n) is 5.77. The molecule has 1 aromatic heterocycles. The summed E-state index contributed by atoms with van der Waals surface area (Å²) in [5, 5.41) is 3.13. The maximum Gasteiger partial charge on any atom is 0.310 e. The van der Waals surface area contributed by atoms with Crippen LogP contribution in [0.3, 0.4) is 0 Å². The molecule has 0 unspecified atom stereocenters. The first-order chi connectivity index (χ1) is 19.2. The lowest BCUT2D eigenvalue weighted by Crippen LogP contribution is -2.21. The van der Waals surface area contributed by atoms with Gasteiger partial charge in [-0.25, -0.2) is 18.4 Å². The first-order valence-corrected chi connectivity index (χ1v) is 13.8. The van der Waals surface area contributed by atoms with Crippen molar-refractivity contribution in [2.24, 2.45) is 0 Å². The topological polar surface area (TPSA) is 132 Å². The van der Waals surface area contributed by atoms with Crippen molar-refractivity contribution in [2.75, 3.05) is 51.5 Å². The maximum absolute atomic E-state index is 13.5. The van der Waals surface area contributed by atoms with Crippen LogP contribution in [-0.2, 0) is 26.0 Å². The molecule has 1 heterocycles. The largest absolute Gasteiger partial charge is 0.497 e. The minimum Gasteiger partial charge on any atom is -0.497 e. The van der Waals surface area contributed by atoms with Gasteiger partial charge in [0.25, 0.3) is 10.0 Å². The first-order valence-electron chi connectivity index (χ1n) is 12.4. The molecule has 0 saturated carbocycles. The zero-order valence-corrected chi connectivity index (χ0v) is 23.5. The van der Waals surface area contributed by atoms with E-state index >= 15 is 0 Å². The SMILES string of the molecule is COc1cc(Nc2nc3ccccc3nc2NS(=O)(=O)c2cccc(CC(=O)OCCN(C)C)c2)cc(OC)c1. The number of rotatable bonds is 12. The Labute approximate surface area is 233 Å². The molecule has 0 spiro atoms. The number of anilines is 3. The Balaban J connectivity index is 1.63.